The monoisotopic (exact) mass is 470 g/mol. The SMILES string of the molecule is C.CC.CC(C)(C1CCC(OCC(O)CCl)CC1)C1CCC(OCC(O)CCl)CC1. The normalized spacial score (nSPS) is 29.2. The van der Waals surface area contributed by atoms with E-state index in [0.717, 1.165) is 37.5 Å². The molecule has 2 saturated carbocycles. The van der Waals surface area contributed by atoms with E-state index in [1.807, 2.05) is 13.8 Å². The zero-order valence-corrected chi connectivity index (χ0v) is 20.4. The average Bonchev–Trinajstić information content (AvgIpc) is 2.77. The molecule has 0 aromatic rings. The van der Waals surface area contributed by atoms with Crippen LogP contribution in [-0.4, -0.2) is 59.6 Å². The molecule has 182 valence electrons. The summed E-state index contributed by atoms with van der Waals surface area (Å²) in [6.07, 6.45) is 8.57. The molecule has 2 unspecified atom stereocenters. The molecule has 2 aliphatic rings. The second-order valence-corrected chi connectivity index (χ2v) is 9.67. The van der Waals surface area contributed by atoms with E-state index in [4.69, 9.17) is 32.7 Å². The Morgan fingerprint density at radius 2 is 1.03 bits per heavy atom. The summed E-state index contributed by atoms with van der Waals surface area (Å²) in [5, 5.41) is 19.1. The molecule has 2 fully saturated rings. The van der Waals surface area contributed by atoms with Crippen molar-refractivity contribution in [1.82, 2.24) is 0 Å². The Kier molecular flexibility index (Phi) is 16.3. The summed E-state index contributed by atoms with van der Waals surface area (Å²) in [5.41, 5.74) is 0.335. The Morgan fingerprint density at radius 3 is 1.30 bits per heavy atom. The summed E-state index contributed by atoms with van der Waals surface area (Å²) >= 11 is 11.3. The first-order valence-electron chi connectivity index (χ1n) is 11.6. The molecule has 0 aliphatic heterocycles. The number of aliphatic hydroxyl groups is 2. The van der Waals surface area contributed by atoms with Gasteiger partial charge in [0.15, 0.2) is 0 Å². The number of hydrogen-bond donors (Lipinski definition) is 2. The van der Waals surface area contributed by atoms with Gasteiger partial charge in [-0.05, 0) is 68.6 Å². The van der Waals surface area contributed by atoms with Crippen LogP contribution in [0.25, 0.3) is 0 Å². The van der Waals surface area contributed by atoms with Crippen molar-refractivity contribution in [2.75, 3.05) is 25.0 Å². The van der Waals surface area contributed by atoms with E-state index in [2.05, 4.69) is 13.8 Å². The third-order valence-corrected chi connectivity index (χ3v) is 7.57. The lowest BCUT2D eigenvalue weighted by atomic mass is 9.60. The molecule has 0 bridgehead atoms. The standard InChI is InChI=1S/C21H38Cl2O4.C2H6.CH4/c1-21(2,15-3-7-19(8-4-15)26-13-17(24)11-22)16-5-9-20(10-6-16)27-14-18(25)12-23;1-2;/h15-20,24-25H,3-14H2,1-2H3;1-2H3;1H4. The van der Waals surface area contributed by atoms with Crippen molar-refractivity contribution in [2.45, 2.75) is 111 Å². The van der Waals surface area contributed by atoms with Crippen molar-refractivity contribution in [2.24, 2.45) is 17.3 Å². The maximum Gasteiger partial charge on any atom is 0.0908 e. The van der Waals surface area contributed by atoms with Crippen LogP contribution >= 0.6 is 23.2 Å². The molecule has 0 saturated heterocycles. The average molecular weight is 472 g/mol. The first kappa shape index (κ1) is 30.4. The second-order valence-electron chi connectivity index (χ2n) is 9.05. The molecule has 2 N–H and O–H groups in total. The maximum absolute atomic E-state index is 9.56. The Balaban J connectivity index is 0.00000272. The predicted molar refractivity (Wildman–Crippen MR) is 129 cm³/mol. The van der Waals surface area contributed by atoms with E-state index in [1.54, 1.807) is 0 Å². The van der Waals surface area contributed by atoms with Crippen LogP contribution in [0.3, 0.4) is 0 Å². The van der Waals surface area contributed by atoms with Crippen molar-refractivity contribution in [3.63, 3.8) is 0 Å². The lowest BCUT2D eigenvalue weighted by Crippen LogP contribution is -2.39. The van der Waals surface area contributed by atoms with Crippen molar-refractivity contribution in [1.29, 1.82) is 0 Å². The van der Waals surface area contributed by atoms with Gasteiger partial charge in [0.25, 0.3) is 0 Å². The van der Waals surface area contributed by atoms with E-state index in [9.17, 15) is 10.2 Å². The van der Waals surface area contributed by atoms with Crippen molar-refractivity contribution >= 4 is 23.2 Å². The van der Waals surface area contributed by atoms with E-state index in [0.29, 0.717) is 18.6 Å². The van der Waals surface area contributed by atoms with E-state index >= 15 is 0 Å². The third-order valence-electron chi connectivity index (χ3n) is 6.86. The second kappa shape index (κ2) is 16.1. The van der Waals surface area contributed by atoms with Gasteiger partial charge in [-0.1, -0.05) is 35.1 Å². The van der Waals surface area contributed by atoms with Gasteiger partial charge >= 0.3 is 0 Å². The molecule has 2 rings (SSSR count). The number of halogens is 2. The van der Waals surface area contributed by atoms with Gasteiger partial charge in [-0.3, -0.25) is 0 Å². The van der Waals surface area contributed by atoms with Crippen molar-refractivity contribution in [3.8, 4) is 0 Å². The minimum atomic E-state index is -0.552. The molecular formula is C24H48Cl2O4. The lowest BCUT2D eigenvalue weighted by molar-refractivity contribution is -0.0562. The number of alkyl halides is 2. The minimum Gasteiger partial charge on any atom is -0.389 e. The summed E-state index contributed by atoms with van der Waals surface area (Å²) < 4.78 is 11.7. The molecule has 30 heavy (non-hydrogen) atoms. The van der Waals surface area contributed by atoms with Crippen molar-refractivity contribution in [3.05, 3.63) is 0 Å². The van der Waals surface area contributed by atoms with Gasteiger partial charge in [0, 0.05) is 0 Å². The van der Waals surface area contributed by atoms with Gasteiger partial charge in [0.2, 0.25) is 0 Å². The van der Waals surface area contributed by atoms with Crippen molar-refractivity contribution < 1.29 is 19.7 Å². The fraction of sp³-hybridized carbons (Fsp3) is 1.00. The Hall–Kier alpha value is 0.420. The zero-order chi connectivity index (χ0) is 21.9. The summed E-state index contributed by atoms with van der Waals surface area (Å²) in [5.74, 6) is 1.94. The number of rotatable bonds is 10. The summed E-state index contributed by atoms with van der Waals surface area (Å²) in [7, 11) is 0. The van der Waals surface area contributed by atoms with Crippen LogP contribution in [-0.2, 0) is 9.47 Å². The fourth-order valence-corrected chi connectivity index (χ4v) is 5.04. The third kappa shape index (κ3) is 9.92. The Labute approximate surface area is 196 Å². The Bertz CT molecular complexity index is 370. The van der Waals surface area contributed by atoms with Crippen LogP contribution in [0.4, 0.5) is 0 Å². The first-order valence-corrected chi connectivity index (χ1v) is 12.6. The highest BCUT2D eigenvalue weighted by Crippen LogP contribution is 2.48. The van der Waals surface area contributed by atoms with E-state index < -0.39 is 12.2 Å². The fourth-order valence-electron chi connectivity index (χ4n) is 4.86. The van der Waals surface area contributed by atoms with E-state index in [-0.39, 0.29) is 31.4 Å². The number of ether oxygens (including phenoxy) is 2. The van der Waals surface area contributed by atoms with Gasteiger partial charge in [0.1, 0.15) is 0 Å². The molecule has 0 spiro atoms. The van der Waals surface area contributed by atoms with E-state index in [1.165, 1.54) is 25.7 Å². The largest absolute Gasteiger partial charge is 0.389 e. The lowest BCUT2D eigenvalue weighted by Gasteiger charge is -2.46. The van der Waals surface area contributed by atoms with Crippen LogP contribution in [0, 0.1) is 17.3 Å². The molecule has 0 heterocycles. The van der Waals surface area contributed by atoms with Crippen LogP contribution in [0.5, 0.6) is 0 Å². The van der Waals surface area contributed by atoms with Gasteiger partial charge in [-0.25, -0.2) is 0 Å². The number of aliphatic hydroxyl groups excluding tert-OH is 2. The Morgan fingerprint density at radius 1 is 0.733 bits per heavy atom. The van der Waals surface area contributed by atoms with Gasteiger partial charge in [-0.15, -0.1) is 23.2 Å². The van der Waals surface area contributed by atoms with Crippen LogP contribution in [0.1, 0.15) is 86.5 Å². The van der Waals surface area contributed by atoms with Crippen LogP contribution in [0.15, 0.2) is 0 Å². The number of hydrogen-bond acceptors (Lipinski definition) is 4. The molecule has 0 aromatic carbocycles. The molecule has 2 atom stereocenters. The summed E-state index contributed by atoms with van der Waals surface area (Å²) in [6, 6.07) is 0. The quantitative estimate of drug-likeness (QED) is 0.382. The summed E-state index contributed by atoms with van der Waals surface area (Å²) in [4.78, 5) is 0. The van der Waals surface area contributed by atoms with Crippen LogP contribution < -0.4 is 0 Å². The first-order chi connectivity index (χ1) is 13.9. The van der Waals surface area contributed by atoms with Crippen LogP contribution in [0.2, 0.25) is 0 Å². The highest BCUT2D eigenvalue weighted by atomic mass is 35.5. The highest BCUT2D eigenvalue weighted by Gasteiger charge is 2.40. The highest BCUT2D eigenvalue weighted by molar-refractivity contribution is 6.18. The minimum absolute atomic E-state index is 0. The molecule has 2 aliphatic carbocycles. The van der Waals surface area contributed by atoms with Gasteiger partial charge < -0.3 is 19.7 Å². The van der Waals surface area contributed by atoms with Gasteiger partial charge in [0.05, 0.1) is 49.4 Å². The molecule has 0 amide bonds. The molecular weight excluding hydrogens is 423 g/mol. The topological polar surface area (TPSA) is 58.9 Å². The molecule has 0 radical (unpaired) electrons. The predicted octanol–water partition coefficient (Wildman–Crippen LogP) is 6.03. The zero-order valence-electron chi connectivity index (χ0n) is 18.9. The van der Waals surface area contributed by atoms with Gasteiger partial charge in [-0.2, -0.15) is 0 Å². The summed E-state index contributed by atoms with van der Waals surface area (Å²) in [6.45, 7) is 9.59. The smallest absolute Gasteiger partial charge is 0.0908 e. The molecule has 4 nitrogen and oxygen atoms in total. The maximum atomic E-state index is 9.56. The molecule has 6 heteroatoms. The molecule has 0 aromatic heterocycles.